The topological polar surface area (TPSA) is 33.7 Å². The Bertz CT molecular complexity index is 529. The number of ether oxygens (including phenoxy) is 2. The third kappa shape index (κ3) is 4.75. The molecule has 1 saturated heterocycles. The molecule has 1 aliphatic carbocycles. The first-order valence-corrected chi connectivity index (χ1v) is 9.73. The van der Waals surface area contributed by atoms with Crippen molar-refractivity contribution in [2.75, 3.05) is 46.5 Å². The summed E-state index contributed by atoms with van der Waals surface area (Å²) in [6, 6.07) is 8.67. The minimum Gasteiger partial charge on any atom is -0.497 e. The van der Waals surface area contributed by atoms with Crippen molar-refractivity contribution in [2.24, 2.45) is 5.41 Å². The van der Waals surface area contributed by atoms with Crippen LogP contribution in [0.15, 0.2) is 24.3 Å². The van der Waals surface area contributed by atoms with Crippen LogP contribution >= 0.6 is 0 Å². The average Bonchev–Trinajstić information content (AvgIpc) is 3.11. The summed E-state index contributed by atoms with van der Waals surface area (Å²) in [5, 5.41) is 3.98. The number of hydrogen-bond donors (Lipinski definition) is 1. The molecule has 1 heterocycles. The summed E-state index contributed by atoms with van der Waals surface area (Å²) >= 11 is 0. The van der Waals surface area contributed by atoms with Crippen LogP contribution in [0.4, 0.5) is 0 Å². The highest BCUT2D eigenvalue weighted by Gasteiger charge is 2.37. The molecular weight excluding hydrogens is 312 g/mol. The van der Waals surface area contributed by atoms with Crippen molar-refractivity contribution in [3.63, 3.8) is 0 Å². The second-order valence-electron chi connectivity index (χ2n) is 8.42. The highest BCUT2D eigenvalue weighted by atomic mass is 16.5. The van der Waals surface area contributed by atoms with Crippen LogP contribution in [0.2, 0.25) is 0 Å². The molecule has 1 aromatic carbocycles. The molecule has 2 aliphatic rings. The summed E-state index contributed by atoms with van der Waals surface area (Å²) in [7, 11) is 1.73. The molecule has 0 bridgehead atoms. The lowest BCUT2D eigenvalue weighted by atomic mass is 9.85. The van der Waals surface area contributed by atoms with Crippen molar-refractivity contribution in [3.8, 4) is 5.75 Å². The van der Waals surface area contributed by atoms with E-state index in [9.17, 15) is 0 Å². The number of hydrogen-bond acceptors (Lipinski definition) is 4. The highest BCUT2D eigenvalue weighted by molar-refractivity contribution is 5.32. The number of nitrogens with zero attached hydrogens (tertiary/aromatic N) is 1. The van der Waals surface area contributed by atoms with Crippen molar-refractivity contribution in [3.05, 3.63) is 29.8 Å². The first-order valence-electron chi connectivity index (χ1n) is 9.73. The van der Waals surface area contributed by atoms with Gasteiger partial charge in [-0.15, -0.1) is 0 Å². The molecule has 140 valence electrons. The zero-order chi connectivity index (χ0) is 17.8. The van der Waals surface area contributed by atoms with E-state index >= 15 is 0 Å². The second-order valence-corrected chi connectivity index (χ2v) is 8.42. The van der Waals surface area contributed by atoms with Crippen molar-refractivity contribution < 1.29 is 9.47 Å². The molecule has 1 saturated carbocycles. The van der Waals surface area contributed by atoms with Crippen LogP contribution in [0, 0.1) is 5.41 Å². The van der Waals surface area contributed by atoms with Crippen LogP contribution in [-0.4, -0.2) is 51.4 Å². The summed E-state index contributed by atoms with van der Waals surface area (Å²) in [6.45, 7) is 10.8. The Morgan fingerprint density at radius 1 is 1.12 bits per heavy atom. The van der Waals surface area contributed by atoms with Gasteiger partial charge in [0.05, 0.1) is 20.3 Å². The minimum absolute atomic E-state index is 0.133. The fourth-order valence-electron chi connectivity index (χ4n) is 4.29. The van der Waals surface area contributed by atoms with Gasteiger partial charge in [-0.05, 0) is 36.0 Å². The zero-order valence-corrected chi connectivity index (χ0v) is 16.1. The maximum absolute atomic E-state index is 5.48. The normalized spacial score (nSPS) is 21.4. The Labute approximate surface area is 152 Å². The Morgan fingerprint density at radius 2 is 1.76 bits per heavy atom. The van der Waals surface area contributed by atoms with E-state index in [-0.39, 0.29) is 11.0 Å². The molecule has 4 nitrogen and oxygen atoms in total. The van der Waals surface area contributed by atoms with Gasteiger partial charge in [-0.2, -0.15) is 0 Å². The SMILES string of the molecule is COc1ccc(C2(NCC(C)(C)CN3CCOCC3)CCCC2)cc1. The molecule has 0 spiro atoms. The third-order valence-electron chi connectivity index (χ3n) is 5.76. The van der Waals surface area contributed by atoms with Crippen LogP contribution in [0.3, 0.4) is 0 Å². The highest BCUT2D eigenvalue weighted by Crippen LogP contribution is 2.39. The molecule has 2 fully saturated rings. The molecule has 1 aromatic rings. The number of benzene rings is 1. The number of morpholine rings is 1. The predicted molar refractivity (Wildman–Crippen MR) is 102 cm³/mol. The fraction of sp³-hybridized carbons (Fsp3) is 0.714. The second kappa shape index (κ2) is 8.07. The Kier molecular flexibility index (Phi) is 6.03. The Hall–Kier alpha value is -1.10. The molecule has 1 N–H and O–H groups in total. The minimum atomic E-state index is 0.133. The Morgan fingerprint density at radius 3 is 2.36 bits per heavy atom. The van der Waals surface area contributed by atoms with Gasteiger partial charge in [0.25, 0.3) is 0 Å². The van der Waals surface area contributed by atoms with E-state index in [1.807, 2.05) is 0 Å². The van der Waals surface area contributed by atoms with Gasteiger partial charge in [-0.1, -0.05) is 38.8 Å². The third-order valence-corrected chi connectivity index (χ3v) is 5.76. The molecule has 0 aromatic heterocycles. The van der Waals surface area contributed by atoms with Crippen molar-refractivity contribution in [1.82, 2.24) is 10.2 Å². The molecular formula is C21H34N2O2. The summed E-state index contributed by atoms with van der Waals surface area (Å²) in [6.07, 6.45) is 5.08. The van der Waals surface area contributed by atoms with Crippen LogP contribution in [-0.2, 0) is 10.3 Å². The quantitative estimate of drug-likeness (QED) is 0.820. The molecule has 0 atom stereocenters. The standard InChI is InChI=1S/C21H34N2O2/c1-20(2,17-23-12-14-25-15-13-23)16-22-21(10-4-5-11-21)18-6-8-19(24-3)9-7-18/h6-9,22H,4-5,10-17H2,1-3H3. The van der Waals surface area contributed by atoms with E-state index in [1.165, 1.54) is 31.2 Å². The van der Waals surface area contributed by atoms with Gasteiger partial charge in [0.1, 0.15) is 5.75 Å². The van der Waals surface area contributed by atoms with Gasteiger partial charge in [0, 0.05) is 31.7 Å². The monoisotopic (exact) mass is 346 g/mol. The maximum Gasteiger partial charge on any atom is 0.118 e. The largest absolute Gasteiger partial charge is 0.497 e. The van der Waals surface area contributed by atoms with Crippen LogP contribution < -0.4 is 10.1 Å². The van der Waals surface area contributed by atoms with E-state index in [0.717, 1.165) is 45.1 Å². The zero-order valence-electron chi connectivity index (χ0n) is 16.1. The van der Waals surface area contributed by atoms with E-state index in [0.29, 0.717) is 0 Å². The van der Waals surface area contributed by atoms with Crippen molar-refractivity contribution in [1.29, 1.82) is 0 Å². The van der Waals surface area contributed by atoms with E-state index < -0.39 is 0 Å². The van der Waals surface area contributed by atoms with Crippen molar-refractivity contribution >= 4 is 0 Å². The summed E-state index contributed by atoms with van der Waals surface area (Å²) in [5.74, 6) is 0.935. The van der Waals surface area contributed by atoms with Gasteiger partial charge in [-0.25, -0.2) is 0 Å². The molecule has 0 unspecified atom stereocenters. The van der Waals surface area contributed by atoms with Gasteiger partial charge in [0.2, 0.25) is 0 Å². The van der Waals surface area contributed by atoms with Gasteiger partial charge in [-0.3, -0.25) is 4.90 Å². The predicted octanol–water partition coefficient (Wildman–Crippen LogP) is 3.41. The van der Waals surface area contributed by atoms with Crippen LogP contribution in [0.5, 0.6) is 5.75 Å². The number of rotatable bonds is 7. The van der Waals surface area contributed by atoms with Gasteiger partial charge in [0.15, 0.2) is 0 Å². The van der Waals surface area contributed by atoms with E-state index in [4.69, 9.17) is 9.47 Å². The van der Waals surface area contributed by atoms with Gasteiger partial charge < -0.3 is 14.8 Å². The first-order chi connectivity index (χ1) is 12.0. The van der Waals surface area contributed by atoms with Crippen molar-refractivity contribution in [2.45, 2.75) is 45.1 Å². The van der Waals surface area contributed by atoms with Crippen LogP contribution in [0.1, 0.15) is 45.1 Å². The fourth-order valence-corrected chi connectivity index (χ4v) is 4.29. The molecule has 4 heteroatoms. The summed E-state index contributed by atoms with van der Waals surface area (Å²) in [4.78, 5) is 2.54. The lowest BCUT2D eigenvalue weighted by molar-refractivity contribution is 0.0201. The van der Waals surface area contributed by atoms with Crippen LogP contribution in [0.25, 0.3) is 0 Å². The Balaban J connectivity index is 1.64. The number of nitrogens with one attached hydrogen (secondary N) is 1. The number of methoxy groups -OCH3 is 1. The molecule has 0 radical (unpaired) electrons. The first kappa shape index (κ1) is 18.7. The lowest BCUT2D eigenvalue weighted by Crippen LogP contribution is -2.49. The molecule has 3 rings (SSSR count). The molecule has 25 heavy (non-hydrogen) atoms. The summed E-state index contributed by atoms with van der Waals surface area (Å²) in [5.41, 5.74) is 1.79. The lowest BCUT2D eigenvalue weighted by Gasteiger charge is -2.39. The molecule has 1 aliphatic heterocycles. The van der Waals surface area contributed by atoms with Gasteiger partial charge >= 0.3 is 0 Å². The smallest absolute Gasteiger partial charge is 0.118 e. The average molecular weight is 347 g/mol. The van der Waals surface area contributed by atoms with E-state index in [1.54, 1.807) is 7.11 Å². The molecule has 0 amide bonds. The van der Waals surface area contributed by atoms with E-state index in [2.05, 4.69) is 48.3 Å². The summed E-state index contributed by atoms with van der Waals surface area (Å²) < 4.78 is 10.8. The maximum atomic E-state index is 5.48.